The van der Waals surface area contributed by atoms with E-state index in [4.69, 9.17) is 10.4 Å². The Morgan fingerprint density at radius 1 is 0.875 bits per heavy atom. The molecule has 6 heteroatoms. The zero-order valence-corrected chi connectivity index (χ0v) is 8.84. The highest BCUT2D eigenvalue weighted by Crippen LogP contribution is 2.28. The topological polar surface area (TPSA) is 106 Å². The van der Waals surface area contributed by atoms with E-state index in [2.05, 4.69) is 10.3 Å². The molecule has 1 aromatic rings. The summed E-state index contributed by atoms with van der Waals surface area (Å²) >= 11 is 0. The van der Waals surface area contributed by atoms with Gasteiger partial charge in [0.25, 0.3) is 0 Å². The summed E-state index contributed by atoms with van der Waals surface area (Å²) in [6.45, 7) is 2.97. The number of nitrogens with zero attached hydrogens (tertiary/aromatic N) is 2. The van der Waals surface area contributed by atoms with Gasteiger partial charge in [0.15, 0.2) is 0 Å². The second-order valence-corrected chi connectivity index (χ2v) is 3.26. The van der Waals surface area contributed by atoms with E-state index < -0.39 is 0 Å². The molecule has 0 bridgehead atoms. The molecule has 86 valence electrons. The third-order valence-electron chi connectivity index (χ3n) is 2.19. The van der Waals surface area contributed by atoms with E-state index in [0.717, 1.165) is 6.07 Å². The maximum absolute atomic E-state index is 9.52. The van der Waals surface area contributed by atoms with Crippen molar-refractivity contribution in [3.05, 3.63) is 23.3 Å². The van der Waals surface area contributed by atoms with Gasteiger partial charge in [-0.05, 0) is 19.9 Å². The van der Waals surface area contributed by atoms with Crippen LogP contribution < -0.4 is 0 Å². The molecule has 0 atom stereocenters. The van der Waals surface area contributed by atoms with Crippen LogP contribution in [0.2, 0.25) is 0 Å². The average molecular weight is 224 g/mol. The summed E-state index contributed by atoms with van der Waals surface area (Å²) in [5.74, 6) is -0.440. The van der Waals surface area contributed by atoms with Crippen LogP contribution in [0.1, 0.15) is 25.0 Å². The van der Waals surface area contributed by atoms with Crippen LogP contribution >= 0.6 is 0 Å². The van der Waals surface area contributed by atoms with Gasteiger partial charge in [-0.3, -0.25) is 0 Å². The Kier molecular flexibility index (Phi) is 3.34. The normalized spacial score (nSPS) is 12.9. The summed E-state index contributed by atoms with van der Waals surface area (Å²) in [6.07, 6.45) is 0. The van der Waals surface area contributed by atoms with Crippen molar-refractivity contribution in [3.8, 4) is 11.5 Å². The van der Waals surface area contributed by atoms with Crippen LogP contribution in [-0.2, 0) is 0 Å². The molecule has 0 aromatic heterocycles. The van der Waals surface area contributed by atoms with Crippen LogP contribution in [0.15, 0.2) is 22.4 Å². The Bertz CT molecular complexity index is 427. The first-order chi connectivity index (χ1) is 7.51. The van der Waals surface area contributed by atoms with Crippen LogP contribution in [0.4, 0.5) is 0 Å². The van der Waals surface area contributed by atoms with Crippen molar-refractivity contribution < 1.29 is 20.6 Å². The molecular formula is C10H12N2O4. The highest BCUT2D eigenvalue weighted by atomic mass is 16.4. The zero-order valence-electron chi connectivity index (χ0n) is 8.84. The molecule has 1 aromatic carbocycles. The molecule has 0 heterocycles. The lowest BCUT2D eigenvalue weighted by atomic mass is 10.0. The molecule has 0 aliphatic heterocycles. The lowest BCUT2D eigenvalue weighted by Gasteiger charge is -2.08. The minimum absolute atomic E-state index is 0.185. The third kappa shape index (κ3) is 2.05. The van der Waals surface area contributed by atoms with Gasteiger partial charge in [0, 0.05) is 17.2 Å². The number of phenolic OH excluding ortho intramolecular Hbond substituents is 2. The molecule has 0 aliphatic carbocycles. The molecule has 16 heavy (non-hydrogen) atoms. The summed E-state index contributed by atoms with van der Waals surface area (Å²) in [4.78, 5) is 0. The van der Waals surface area contributed by atoms with Gasteiger partial charge in [-0.2, -0.15) is 0 Å². The number of phenols is 2. The fourth-order valence-electron chi connectivity index (χ4n) is 1.26. The van der Waals surface area contributed by atoms with Crippen molar-refractivity contribution in [1.82, 2.24) is 0 Å². The summed E-state index contributed by atoms with van der Waals surface area (Å²) in [7, 11) is 0. The van der Waals surface area contributed by atoms with Crippen molar-refractivity contribution >= 4 is 11.4 Å². The molecule has 4 N–H and O–H groups in total. The second kappa shape index (κ2) is 4.52. The van der Waals surface area contributed by atoms with E-state index in [1.165, 1.54) is 19.9 Å². The molecule has 0 saturated heterocycles. The number of aromatic hydroxyl groups is 2. The molecule has 1 rings (SSSR count). The van der Waals surface area contributed by atoms with Crippen LogP contribution in [0.25, 0.3) is 0 Å². The second-order valence-electron chi connectivity index (χ2n) is 3.26. The van der Waals surface area contributed by atoms with Gasteiger partial charge >= 0.3 is 0 Å². The molecule has 0 radical (unpaired) electrons. The quantitative estimate of drug-likeness (QED) is 0.347. The first-order valence-corrected chi connectivity index (χ1v) is 4.45. The minimum Gasteiger partial charge on any atom is -0.507 e. The maximum Gasteiger partial charge on any atom is 0.128 e. The van der Waals surface area contributed by atoms with Gasteiger partial charge in [0.05, 0.1) is 11.4 Å². The van der Waals surface area contributed by atoms with Crippen molar-refractivity contribution in [2.75, 3.05) is 0 Å². The maximum atomic E-state index is 9.52. The minimum atomic E-state index is -0.220. The molecule has 6 nitrogen and oxygen atoms in total. The van der Waals surface area contributed by atoms with Gasteiger partial charge in [0.1, 0.15) is 11.5 Å². The SMILES string of the molecule is C/C(=N\O)c1cc(/C(C)=N/O)c(O)cc1O. The van der Waals surface area contributed by atoms with Gasteiger partial charge < -0.3 is 20.6 Å². The largest absolute Gasteiger partial charge is 0.507 e. The van der Waals surface area contributed by atoms with Crippen molar-refractivity contribution in [1.29, 1.82) is 0 Å². The van der Waals surface area contributed by atoms with Crippen molar-refractivity contribution in [2.45, 2.75) is 13.8 Å². The third-order valence-corrected chi connectivity index (χ3v) is 2.19. The van der Waals surface area contributed by atoms with E-state index >= 15 is 0 Å². The Hall–Kier alpha value is -2.24. The van der Waals surface area contributed by atoms with Crippen LogP contribution in [0.5, 0.6) is 11.5 Å². The highest BCUT2D eigenvalue weighted by Gasteiger charge is 2.13. The first-order valence-electron chi connectivity index (χ1n) is 4.45. The van der Waals surface area contributed by atoms with E-state index in [9.17, 15) is 10.2 Å². The summed E-state index contributed by atoms with van der Waals surface area (Å²) in [5, 5.41) is 42.1. The van der Waals surface area contributed by atoms with Crippen LogP contribution in [-0.4, -0.2) is 32.1 Å². The number of hydrogen-bond donors (Lipinski definition) is 4. The standard InChI is InChI=1S/C10H12N2O4/c1-5(11-15)7-3-8(6(2)12-16)10(14)4-9(7)13/h3-4,13-16H,1-2H3/b11-5+,12-6+. The lowest BCUT2D eigenvalue weighted by Crippen LogP contribution is -2.01. The predicted molar refractivity (Wildman–Crippen MR) is 57.8 cm³/mol. The Labute approximate surface area is 91.8 Å². The van der Waals surface area contributed by atoms with Gasteiger partial charge in [-0.1, -0.05) is 10.3 Å². The van der Waals surface area contributed by atoms with Crippen molar-refractivity contribution in [2.24, 2.45) is 10.3 Å². The Morgan fingerprint density at radius 2 is 1.25 bits per heavy atom. The van der Waals surface area contributed by atoms with Crippen molar-refractivity contribution in [3.63, 3.8) is 0 Å². The fourth-order valence-corrected chi connectivity index (χ4v) is 1.26. The summed E-state index contributed by atoms with van der Waals surface area (Å²) in [6, 6.07) is 2.46. The van der Waals surface area contributed by atoms with E-state index in [-0.39, 0.29) is 34.0 Å². The van der Waals surface area contributed by atoms with E-state index in [1.54, 1.807) is 0 Å². The molecule has 0 amide bonds. The Balaban J connectivity index is 3.44. The van der Waals surface area contributed by atoms with E-state index in [0.29, 0.717) is 0 Å². The smallest absolute Gasteiger partial charge is 0.128 e. The summed E-state index contributed by atoms with van der Waals surface area (Å²) in [5.41, 5.74) is 0.866. The predicted octanol–water partition coefficient (Wildman–Crippen LogP) is 1.49. The lowest BCUT2D eigenvalue weighted by molar-refractivity contribution is 0.318. The Morgan fingerprint density at radius 3 is 1.56 bits per heavy atom. The van der Waals surface area contributed by atoms with Gasteiger partial charge in [0.2, 0.25) is 0 Å². The van der Waals surface area contributed by atoms with Crippen LogP contribution in [0.3, 0.4) is 0 Å². The monoisotopic (exact) mass is 224 g/mol. The molecule has 0 saturated carbocycles. The number of benzene rings is 1. The average Bonchev–Trinajstić information content (AvgIpc) is 2.27. The van der Waals surface area contributed by atoms with Crippen LogP contribution in [0, 0.1) is 0 Å². The molecular weight excluding hydrogens is 212 g/mol. The van der Waals surface area contributed by atoms with E-state index in [1.807, 2.05) is 0 Å². The number of oxime groups is 2. The molecule has 0 unspecified atom stereocenters. The molecule has 0 aliphatic rings. The number of rotatable bonds is 2. The molecule has 0 spiro atoms. The zero-order chi connectivity index (χ0) is 12.3. The van der Waals surface area contributed by atoms with Gasteiger partial charge in [-0.15, -0.1) is 0 Å². The highest BCUT2D eigenvalue weighted by molar-refractivity contribution is 6.06. The fraction of sp³-hybridized carbons (Fsp3) is 0.200. The number of hydrogen-bond acceptors (Lipinski definition) is 6. The molecule has 0 fully saturated rings. The summed E-state index contributed by atoms with van der Waals surface area (Å²) < 4.78 is 0. The van der Waals surface area contributed by atoms with Gasteiger partial charge in [-0.25, -0.2) is 0 Å². The first kappa shape index (κ1) is 11.8.